The highest BCUT2D eigenvalue weighted by Crippen LogP contribution is 2.16. The molecule has 1 aromatic rings. The quantitative estimate of drug-likeness (QED) is 0.623. The molecule has 5 nitrogen and oxygen atoms in total. The summed E-state index contributed by atoms with van der Waals surface area (Å²) in [7, 11) is 0. The molecule has 5 heteroatoms. The fourth-order valence-corrected chi connectivity index (χ4v) is 0.966. The zero-order valence-corrected chi connectivity index (χ0v) is 7.77. The second kappa shape index (κ2) is 3.73. The molecule has 1 heterocycles. The van der Waals surface area contributed by atoms with Crippen LogP contribution in [0, 0.1) is 0 Å². The summed E-state index contributed by atoms with van der Waals surface area (Å²) in [4.78, 5) is 14.7. The maximum absolute atomic E-state index is 10.8. The molecular formula is C9H12N2O3. The molecule has 0 fully saturated rings. The van der Waals surface area contributed by atoms with Gasteiger partial charge in [0.1, 0.15) is 0 Å². The minimum Gasteiger partial charge on any atom is -0.480 e. The van der Waals surface area contributed by atoms with Crippen molar-refractivity contribution in [2.75, 3.05) is 0 Å². The Morgan fingerprint density at radius 2 is 2.36 bits per heavy atom. The molecule has 76 valence electrons. The second-order valence-corrected chi connectivity index (χ2v) is 3.21. The fourth-order valence-electron chi connectivity index (χ4n) is 0.966. The van der Waals surface area contributed by atoms with E-state index < -0.39 is 11.5 Å². The Labute approximate surface area is 81.2 Å². The first-order chi connectivity index (χ1) is 6.48. The largest absolute Gasteiger partial charge is 0.480 e. The summed E-state index contributed by atoms with van der Waals surface area (Å²) in [5, 5.41) is 17.7. The summed E-state index contributed by atoms with van der Waals surface area (Å²) >= 11 is 0. The zero-order valence-electron chi connectivity index (χ0n) is 7.77. The van der Waals surface area contributed by atoms with Gasteiger partial charge < -0.3 is 15.9 Å². The summed E-state index contributed by atoms with van der Waals surface area (Å²) in [6.45, 7) is 1.20. The first-order valence-corrected chi connectivity index (χ1v) is 4.07. The number of aromatic nitrogens is 1. The van der Waals surface area contributed by atoms with Crippen molar-refractivity contribution in [1.82, 2.24) is 4.98 Å². The van der Waals surface area contributed by atoms with Gasteiger partial charge >= 0.3 is 5.97 Å². The first-order valence-electron chi connectivity index (χ1n) is 4.07. The number of aliphatic hydroxyl groups is 1. The Bertz CT molecular complexity index is 350. The smallest absolute Gasteiger partial charge is 0.329 e. The van der Waals surface area contributed by atoms with Crippen LogP contribution in [0.1, 0.15) is 18.2 Å². The second-order valence-electron chi connectivity index (χ2n) is 3.21. The van der Waals surface area contributed by atoms with Crippen LogP contribution in [0.3, 0.4) is 0 Å². The van der Waals surface area contributed by atoms with Crippen molar-refractivity contribution in [2.45, 2.75) is 19.1 Å². The number of hydrogen-bond donors (Lipinski definition) is 3. The van der Waals surface area contributed by atoms with Crippen molar-refractivity contribution in [2.24, 2.45) is 5.73 Å². The highest BCUT2D eigenvalue weighted by molar-refractivity contribution is 5.79. The summed E-state index contributed by atoms with van der Waals surface area (Å²) in [5.41, 5.74) is 4.86. The van der Waals surface area contributed by atoms with Crippen LogP contribution in [0.5, 0.6) is 0 Å². The number of carboxylic acid groups (broad SMARTS) is 1. The highest BCUT2D eigenvalue weighted by atomic mass is 16.4. The minimum atomic E-state index is -1.52. The van der Waals surface area contributed by atoms with Gasteiger partial charge in [-0.25, -0.2) is 4.79 Å². The van der Waals surface area contributed by atoms with Gasteiger partial charge in [-0.3, -0.25) is 4.98 Å². The molecule has 0 aromatic carbocycles. The molecule has 1 aromatic heterocycles. The standard InChI is InChI=1S/C9H12N2O3/c1-9(10,8(13)14)7-4-6(5-12)2-3-11-7/h2-4,12H,5,10H2,1H3,(H,13,14)/t9-/m0/s1. The molecule has 0 unspecified atom stereocenters. The van der Waals surface area contributed by atoms with E-state index in [0.717, 1.165) is 0 Å². The molecule has 14 heavy (non-hydrogen) atoms. The molecule has 0 spiro atoms. The maximum atomic E-state index is 10.8. The Balaban J connectivity index is 3.12. The monoisotopic (exact) mass is 196 g/mol. The molecule has 0 aliphatic heterocycles. The van der Waals surface area contributed by atoms with Crippen LogP contribution in [-0.4, -0.2) is 21.2 Å². The number of aliphatic carboxylic acids is 1. The first kappa shape index (κ1) is 10.6. The average molecular weight is 196 g/mol. The van der Waals surface area contributed by atoms with E-state index in [1.807, 2.05) is 0 Å². The molecule has 0 saturated heterocycles. The number of rotatable bonds is 3. The van der Waals surface area contributed by atoms with E-state index in [1.165, 1.54) is 19.2 Å². The molecule has 0 aliphatic rings. The number of nitrogens with two attached hydrogens (primary N) is 1. The van der Waals surface area contributed by atoms with Crippen LogP contribution < -0.4 is 5.73 Å². The Morgan fingerprint density at radius 3 is 2.86 bits per heavy atom. The number of carboxylic acids is 1. The lowest BCUT2D eigenvalue weighted by atomic mass is 9.98. The molecule has 1 atom stereocenters. The van der Waals surface area contributed by atoms with Crippen LogP contribution in [0.15, 0.2) is 18.3 Å². The number of carbonyl (C=O) groups is 1. The molecule has 0 radical (unpaired) electrons. The molecule has 1 rings (SSSR count). The lowest BCUT2D eigenvalue weighted by Crippen LogP contribution is -2.42. The van der Waals surface area contributed by atoms with E-state index in [2.05, 4.69) is 4.98 Å². The van der Waals surface area contributed by atoms with E-state index >= 15 is 0 Å². The predicted octanol–water partition coefficient (Wildman–Crippen LogP) is -0.168. The topological polar surface area (TPSA) is 96.4 Å². The molecule has 0 aliphatic carbocycles. The van der Waals surface area contributed by atoms with E-state index in [1.54, 1.807) is 6.07 Å². The fraction of sp³-hybridized carbons (Fsp3) is 0.333. The summed E-state index contributed by atoms with van der Waals surface area (Å²) in [6.07, 6.45) is 1.43. The Morgan fingerprint density at radius 1 is 1.71 bits per heavy atom. The van der Waals surface area contributed by atoms with Crippen LogP contribution in [0.4, 0.5) is 0 Å². The normalized spacial score (nSPS) is 14.8. The maximum Gasteiger partial charge on any atom is 0.329 e. The lowest BCUT2D eigenvalue weighted by Gasteiger charge is -2.18. The third-order valence-electron chi connectivity index (χ3n) is 1.98. The zero-order chi connectivity index (χ0) is 10.8. The summed E-state index contributed by atoms with van der Waals surface area (Å²) < 4.78 is 0. The van der Waals surface area contributed by atoms with E-state index in [9.17, 15) is 4.79 Å². The molecule has 0 saturated carbocycles. The molecule has 4 N–H and O–H groups in total. The van der Waals surface area contributed by atoms with Gasteiger partial charge in [-0.2, -0.15) is 0 Å². The summed E-state index contributed by atoms with van der Waals surface area (Å²) in [6, 6.07) is 3.08. The van der Waals surface area contributed by atoms with Crippen molar-refractivity contribution < 1.29 is 15.0 Å². The van der Waals surface area contributed by atoms with Gasteiger partial charge in [-0.05, 0) is 24.6 Å². The van der Waals surface area contributed by atoms with Gasteiger partial charge in [0.15, 0.2) is 5.54 Å². The van der Waals surface area contributed by atoms with Gasteiger partial charge in [0.05, 0.1) is 12.3 Å². The average Bonchev–Trinajstić information content (AvgIpc) is 2.17. The summed E-state index contributed by atoms with van der Waals surface area (Å²) in [5.74, 6) is -1.15. The molecule has 0 amide bonds. The van der Waals surface area contributed by atoms with E-state index in [4.69, 9.17) is 15.9 Å². The number of hydrogen-bond acceptors (Lipinski definition) is 4. The van der Waals surface area contributed by atoms with Gasteiger partial charge in [0, 0.05) is 6.20 Å². The Kier molecular flexibility index (Phi) is 2.83. The van der Waals surface area contributed by atoms with Crippen LogP contribution in [0.25, 0.3) is 0 Å². The minimum absolute atomic E-state index is 0.161. The predicted molar refractivity (Wildman–Crippen MR) is 49.3 cm³/mol. The van der Waals surface area contributed by atoms with Crippen molar-refractivity contribution in [3.63, 3.8) is 0 Å². The van der Waals surface area contributed by atoms with E-state index in [0.29, 0.717) is 5.56 Å². The lowest BCUT2D eigenvalue weighted by molar-refractivity contribution is -0.143. The Hall–Kier alpha value is -1.46. The third-order valence-corrected chi connectivity index (χ3v) is 1.98. The van der Waals surface area contributed by atoms with E-state index in [-0.39, 0.29) is 12.3 Å². The van der Waals surface area contributed by atoms with Crippen molar-refractivity contribution in [1.29, 1.82) is 0 Å². The molecular weight excluding hydrogens is 184 g/mol. The van der Waals surface area contributed by atoms with Crippen LogP contribution >= 0.6 is 0 Å². The van der Waals surface area contributed by atoms with Gasteiger partial charge in [0.25, 0.3) is 0 Å². The van der Waals surface area contributed by atoms with Gasteiger partial charge in [-0.15, -0.1) is 0 Å². The van der Waals surface area contributed by atoms with Crippen molar-refractivity contribution in [3.05, 3.63) is 29.6 Å². The van der Waals surface area contributed by atoms with Crippen molar-refractivity contribution in [3.8, 4) is 0 Å². The number of nitrogens with zero attached hydrogens (tertiary/aromatic N) is 1. The third kappa shape index (κ3) is 1.89. The SMILES string of the molecule is C[C@@](N)(C(=O)O)c1cc(CO)ccn1. The van der Waals surface area contributed by atoms with Gasteiger partial charge in [0.2, 0.25) is 0 Å². The van der Waals surface area contributed by atoms with Crippen molar-refractivity contribution >= 4 is 5.97 Å². The van der Waals surface area contributed by atoms with Crippen LogP contribution in [0.2, 0.25) is 0 Å². The van der Waals surface area contributed by atoms with Crippen LogP contribution in [-0.2, 0) is 16.9 Å². The highest BCUT2D eigenvalue weighted by Gasteiger charge is 2.31. The number of aliphatic hydroxyl groups excluding tert-OH is 1. The number of pyridine rings is 1. The van der Waals surface area contributed by atoms with Gasteiger partial charge in [-0.1, -0.05) is 0 Å². The molecule has 0 bridgehead atoms.